The Kier molecular flexibility index (Phi) is 5.28. The van der Waals surface area contributed by atoms with Crippen LogP contribution in [0.1, 0.15) is 28.8 Å². The fourth-order valence-corrected chi connectivity index (χ4v) is 4.31. The molecule has 2 aromatic carbocycles. The number of para-hydroxylation sites is 1. The summed E-state index contributed by atoms with van der Waals surface area (Å²) in [5, 5.41) is 0. The highest BCUT2D eigenvalue weighted by Crippen LogP contribution is 2.29. The van der Waals surface area contributed by atoms with E-state index in [0.717, 1.165) is 43.9 Å². The molecule has 5 nitrogen and oxygen atoms in total. The minimum absolute atomic E-state index is 0.00425. The van der Waals surface area contributed by atoms with E-state index in [-0.39, 0.29) is 17.8 Å². The van der Waals surface area contributed by atoms with Crippen LogP contribution in [-0.4, -0.2) is 36.6 Å². The number of carbonyl (C=O) groups is 1. The first-order chi connectivity index (χ1) is 15.2. The third-order valence-electron chi connectivity index (χ3n) is 6.01. The van der Waals surface area contributed by atoms with Crippen molar-refractivity contribution < 1.29 is 13.9 Å². The summed E-state index contributed by atoms with van der Waals surface area (Å²) in [5.41, 5.74) is 2.82. The fourth-order valence-electron chi connectivity index (χ4n) is 4.31. The predicted octanol–water partition coefficient (Wildman–Crippen LogP) is 4.47. The summed E-state index contributed by atoms with van der Waals surface area (Å²) >= 11 is 0. The quantitative estimate of drug-likeness (QED) is 0.628. The lowest BCUT2D eigenvalue weighted by Crippen LogP contribution is -2.38. The minimum Gasteiger partial charge on any atom is -0.490 e. The number of pyridine rings is 1. The molecule has 0 saturated carbocycles. The molecule has 0 unspecified atom stereocenters. The van der Waals surface area contributed by atoms with Crippen molar-refractivity contribution in [3.05, 3.63) is 83.8 Å². The van der Waals surface area contributed by atoms with Crippen LogP contribution in [-0.2, 0) is 6.42 Å². The van der Waals surface area contributed by atoms with E-state index >= 15 is 0 Å². The molecule has 0 N–H and O–H groups in total. The predicted molar refractivity (Wildman–Crippen MR) is 118 cm³/mol. The molecule has 1 amide bonds. The molecule has 6 heteroatoms. The van der Waals surface area contributed by atoms with Gasteiger partial charge >= 0.3 is 0 Å². The molecule has 0 aliphatic carbocycles. The Morgan fingerprint density at radius 3 is 2.48 bits per heavy atom. The van der Waals surface area contributed by atoms with Gasteiger partial charge in [-0.1, -0.05) is 18.2 Å². The largest absolute Gasteiger partial charge is 0.490 e. The van der Waals surface area contributed by atoms with Crippen LogP contribution in [0.15, 0.2) is 66.9 Å². The number of nitrogens with zero attached hydrogens (tertiary/aromatic N) is 3. The molecular weight excluding hydrogens is 393 g/mol. The number of carbonyl (C=O) groups excluding carboxylic acids is 1. The van der Waals surface area contributed by atoms with E-state index in [0.29, 0.717) is 17.9 Å². The Morgan fingerprint density at radius 1 is 0.968 bits per heavy atom. The van der Waals surface area contributed by atoms with E-state index in [4.69, 9.17) is 4.74 Å². The number of amides is 1. The Bertz CT molecular complexity index is 1060. The Labute approximate surface area is 181 Å². The monoisotopic (exact) mass is 417 g/mol. The molecule has 0 bridgehead atoms. The summed E-state index contributed by atoms with van der Waals surface area (Å²) in [6.07, 6.45) is 4.41. The van der Waals surface area contributed by atoms with Gasteiger partial charge in [0.1, 0.15) is 23.5 Å². The summed E-state index contributed by atoms with van der Waals surface area (Å²) in [5.74, 6) is 1.31. The van der Waals surface area contributed by atoms with Gasteiger partial charge in [-0.25, -0.2) is 9.37 Å². The van der Waals surface area contributed by atoms with Crippen LogP contribution in [0.3, 0.4) is 0 Å². The number of aromatic nitrogens is 1. The third-order valence-corrected chi connectivity index (χ3v) is 6.01. The average Bonchev–Trinajstić information content (AvgIpc) is 3.25. The number of halogens is 1. The molecule has 0 spiro atoms. The number of anilines is 2. The van der Waals surface area contributed by atoms with E-state index in [9.17, 15) is 9.18 Å². The van der Waals surface area contributed by atoms with E-state index in [1.807, 2.05) is 35.2 Å². The first-order valence-corrected chi connectivity index (χ1v) is 10.7. The number of piperidine rings is 1. The van der Waals surface area contributed by atoms with Gasteiger partial charge in [-0.05, 0) is 54.4 Å². The van der Waals surface area contributed by atoms with E-state index < -0.39 is 0 Å². The average molecular weight is 417 g/mol. The molecule has 3 aromatic rings. The maximum absolute atomic E-state index is 13.0. The van der Waals surface area contributed by atoms with Crippen molar-refractivity contribution in [2.75, 3.05) is 29.4 Å². The summed E-state index contributed by atoms with van der Waals surface area (Å²) in [7, 11) is 0. The van der Waals surface area contributed by atoms with Gasteiger partial charge in [0.2, 0.25) is 0 Å². The van der Waals surface area contributed by atoms with Crippen LogP contribution < -0.4 is 14.5 Å². The summed E-state index contributed by atoms with van der Waals surface area (Å²) < 4.78 is 19.0. The fraction of sp³-hybridized carbons (Fsp3) is 0.280. The molecule has 1 fully saturated rings. The van der Waals surface area contributed by atoms with Gasteiger partial charge in [0, 0.05) is 44.4 Å². The lowest BCUT2D eigenvalue weighted by Gasteiger charge is -2.33. The highest BCUT2D eigenvalue weighted by molar-refractivity contribution is 6.07. The number of ether oxygens (including phenoxy) is 1. The second kappa shape index (κ2) is 8.38. The molecular formula is C25H24FN3O2. The van der Waals surface area contributed by atoms with Crippen LogP contribution in [0.25, 0.3) is 0 Å². The third kappa shape index (κ3) is 4.10. The first-order valence-electron chi connectivity index (χ1n) is 10.7. The van der Waals surface area contributed by atoms with Crippen molar-refractivity contribution in [3.63, 3.8) is 0 Å². The lowest BCUT2D eigenvalue weighted by atomic mass is 10.1. The van der Waals surface area contributed by atoms with Crippen LogP contribution in [0, 0.1) is 5.82 Å². The zero-order chi connectivity index (χ0) is 21.2. The summed E-state index contributed by atoms with van der Waals surface area (Å²) in [6, 6.07) is 18.0. The SMILES string of the molecule is O=C(c1ccc(N2CCC(Oc3ccc(F)cc3)CC2)nc1)N1CCc2ccccc21. The zero-order valence-electron chi connectivity index (χ0n) is 17.2. The molecule has 158 valence electrons. The molecule has 3 heterocycles. The Balaban J connectivity index is 1.19. The maximum atomic E-state index is 13.0. The van der Waals surface area contributed by atoms with Crippen molar-refractivity contribution in [2.45, 2.75) is 25.4 Å². The van der Waals surface area contributed by atoms with Crippen LogP contribution in [0.4, 0.5) is 15.9 Å². The van der Waals surface area contributed by atoms with Gasteiger partial charge < -0.3 is 14.5 Å². The number of hydrogen-bond donors (Lipinski definition) is 0. The number of hydrogen-bond acceptors (Lipinski definition) is 4. The lowest BCUT2D eigenvalue weighted by molar-refractivity contribution is 0.0989. The first kappa shape index (κ1) is 19.5. The van der Waals surface area contributed by atoms with Gasteiger partial charge in [-0.15, -0.1) is 0 Å². The summed E-state index contributed by atoms with van der Waals surface area (Å²) in [4.78, 5) is 21.6. The molecule has 2 aliphatic heterocycles. The molecule has 31 heavy (non-hydrogen) atoms. The summed E-state index contributed by atoms with van der Waals surface area (Å²) in [6.45, 7) is 2.36. The minimum atomic E-state index is -0.260. The van der Waals surface area contributed by atoms with E-state index in [2.05, 4.69) is 16.0 Å². The molecule has 5 rings (SSSR count). The van der Waals surface area contributed by atoms with Crippen LogP contribution >= 0.6 is 0 Å². The van der Waals surface area contributed by atoms with Gasteiger partial charge in [0.05, 0.1) is 5.56 Å². The van der Waals surface area contributed by atoms with Crippen molar-refractivity contribution in [1.29, 1.82) is 0 Å². The molecule has 2 aliphatic rings. The van der Waals surface area contributed by atoms with Gasteiger partial charge in [-0.2, -0.15) is 0 Å². The highest BCUT2D eigenvalue weighted by atomic mass is 19.1. The number of rotatable bonds is 4. The second-order valence-corrected chi connectivity index (χ2v) is 8.00. The molecule has 0 radical (unpaired) electrons. The smallest absolute Gasteiger partial charge is 0.259 e. The van der Waals surface area contributed by atoms with E-state index in [1.54, 1.807) is 18.3 Å². The van der Waals surface area contributed by atoms with Gasteiger partial charge in [0.15, 0.2) is 0 Å². The van der Waals surface area contributed by atoms with Crippen molar-refractivity contribution in [2.24, 2.45) is 0 Å². The molecule has 1 aromatic heterocycles. The van der Waals surface area contributed by atoms with Crippen molar-refractivity contribution >= 4 is 17.4 Å². The van der Waals surface area contributed by atoms with Crippen molar-refractivity contribution in [1.82, 2.24) is 4.98 Å². The zero-order valence-corrected chi connectivity index (χ0v) is 17.2. The number of fused-ring (bicyclic) bond motifs is 1. The van der Waals surface area contributed by atoms with Crippen molar-refractivity contribution in [3.8, 4) is 5.75 Å². The van der Waals surface area contributed by atoms with Gasteiger partial charge in [0.25, 0.3) is 5.91 Å². The molecule has 1 saturated heterocycles. The second-order valence-electron chi connectivity index (χ2n) is 8.00. The Hall–Kier alpha value is -3.41. The number of benzene rings is 2. The van der Waals surface area contributed by atoms with E-state index in [1.165, 1.54) is 17.7 Å². The Morgan fingerprint density at radius 2 is 1.74 bits per heavy atom. The maximum Gasteiger partial charge on any atom is 0.259 e. The van der Waals surface area contributed by atoms with Gasteiger partial charge in [-0.3, -0.25) is 4.79 Å². The molecule has 0 atom stereocenters. The standard InChI is InChI=1S/C25H24FN3O2/c26-20-6-8-21(9-7-20)31-22-12-14-28(15-13-22)24-10-5-19(17-27-24)25(30)29-16-11-18-3-1-2-4-23(18)29/h1-10,17,22H,11-16H2. The normalized spacial score (nSPS) is 16.3. The van der Waals surface area contributed by atoms with Crippen LogP contribution in [0.2, 0.25) is 0 Å². The topological polar surface area (TPSA) is 45.7 Å². The van der Waals surface area contributed by atoms with Crippen LogP contribution in [0.5, 0.6) is 5.75 Å². The highest BCUT2D eigenvalue weighted by Gasteiger charge is 2.26.